The van der Waals surface area contributed by atoms with E-state index in [0.29, 0.717) is 19.4 Å². The molecule has 1 heterocycles. The van der Waals surface area contributed by atoms with E-state index in [0.717, 1.165) is 16.3 Å². The van der Waals surface area contributed by atoms with Crippen LogP contribution in [0.3, 0.4) is 0 Å². The summed E-state index contributed by atoms with van der Waals surface area (Å²) in [5, 5.41) is 3.03. The predicted molar refractivity (Wildman–Crippen MR) is 77.2 cm³/mol. The van der Waals surface area contributed by atoms with Gasteiger partial charge in [-0.15, -0.1) is 11.3 Å². The minimum Gasteiger partial charge on any atom is -0.466 e. The molecule has 0 saturated heterocycles. The Morgan fingerprint density at radius 3 is 2.89 bits per heavy atom. The first-order valence-corrected chi connectivity index (χ1v) is 7.24. The first-order chi connectivity index (χ1) is 9.20. The van der Waals surface area contributed by atoms with Crippen molar-refractivity contribution in [3.8, 4) is 10.6 Å². The molecular formula is C15H17NO2S. The van der Waals surface area contributed by atoms with Gasteiger partial charge in [0.1, 0.15) is 5.01 Å². The molecule has 0 amide bonds. The maximum Gasteiger partial charge on any atom is 0.306 e. The van der Waals surface area contributed by atoms with Crippen LogP contribution in [0.25, 0.3) is 10.6 Å². The molecule has 0 aliphatic heterocycles. The van der Waals surface area contributed by atoms with E-state index in [1.807, 2.05) is 24.4 Å². The Hall–Kier alpha value is -1.68. The fraction of sp³-hybridized carbons (Fsp3) is 0.333. The van der Waals surface area contributed by atoms with Gasteiger partial charge in [0.25, 0.3) is 0 Å². The molecule has 0 unspecified atom stereocenters. The Morgan fingerprint density at radius 2 is 2.16 bits per heavy atom. The van der Waals surface area contributed by atoms with E-state index in [1.54, 1.807) is 11.3 Å². The van der Waals surface area contributed by atoms with Crippen molar-refractivity contribution in [3.63, 3.8) is 0 Å². The third-order valence-corrected chi connectivity index (χ3v) is 3.74. The van der Waals surface area contributed by atoms with Gasteiger partial charge in [0.2, 0.25) is 0 Å². The summed E-state index contributed by atoms with van der Waals surface area (Å²) in [6.45, 7) is 4.33. The first-order valence-electron chi connectivity index (χ1n) is 6.36. The van der Waals surface area contributed by atoms with Gasteiger partial charge in [-0.1, -0.05) is 24.3 Å². The number of aromatic nitrogens is 1. The van der Waals surface area contributed by atoms with E-state index in [2.05, 4.69) is 24.0 Å². The highest BCUT2D eigenvalue weighted by molar-refractivity contribution is 7.13. The topological polar surface area (TPSA) is 39.2 Å². The summed E-state index contributed by atoms with van der Waals surface area (Å²) in [6.07, 6.45) is 1.03. The minimum atomic E-state index is -0.159. The van der Waals surface area contributed by atoms with E-state index >= 15 is 0 Å². The summed E-state index contributed by atoms with van der Waals surface area (Å²) in [4.78, 5) is 15.9. The number of ether oxygens (including phenoxy) is 1. The zero-order chi connectivity index (χ0) is 13.7. The van der Waals surface area contributed by atoms with Crippen LogP contribution in [0, 0.1) is 6.92 Å². The fourth-order valence-corrected chi connectivity index (χ4v) is 2.77. The number of esters is 1. The van der Waals surface area contributed by atoms with Crippen LogP contribution < -0.4 is 0 Å². The van der Waals surface area contributed by atoms with Gasteiger partial charge in [-0.05, 0) is 19.4 Å². The average Bonchev–Trinajstić information content (AvgIpc) is 2.86. The number of rotatable bonds is 5. The molecule has 0 radical (unpaired) electrons. The van der Waals surface area contributed by atoms with Crippen molar-refractivity contribution in [3.05, 3.63) is 40.9 Å². The van der Waals surface area contributed by atoms with Gasteiger partial charge in [0.15, 0.2) is 0 Å². The van der Waals surface area contributed by atoms with Crippen LogP contribution in [0.4, 0.5) is 0 Å². The summed E-state index contributed by atoms with van der Waals surface area (Å²) in [6, 6.07) is 8.19. The molecule has 4 heteroatoms. The summed E-state index contributed by atoms with van der Waals surface area (Å²) in [5.74, 6) is -0.159. The molecule has 0 fully saturated rings. The van der Waals surface area contributed by atoms with Crippen molar-refractivity contribution < 1.29 is 9.53 Å². The third-order valence-electron chi connectivity index (χ3n) is 2.82. The summed E-state index contributed by atoms with van der Waals surface area (Å²) < 4.78 is 4.91. The van der Waals surface area contributed by atoms with Gasteiger partial charge in [-0.25, -0.2) is 4.98 Å². The van der Waals surface area contributed by atoms with Gasteiger partial charge in [-0.2, -0.15) is 0 Å². The molecule has 0 spiro atoms. The largest absolute Gasteiger partial charge is 0.466 e. The van der Waals surface area contributed by atoms with Gasteiger partial charge in [0.05, 0.1) is 18.7 Å². The van der Waals surface area contributed by atoms with E-state index in [1.165, 1.54) is 5.56 Å². The number of carbonyl (C=O) groups excluding carboxylic acids is 1. The Kier molecular flexibility index (Phi) is 4.68. The number of benzene rings is 1. The lowest BCUT2D eigenvalue weighted by Crippen LogP contribution is -2.05. The van der Waals surface area contributed by atoms with Crippen molar-refractivity contribution in [1.29, 1.82) is 0 Å². The maximum atomic E-state index is 11.3. The normalized spacial score (nSPS) is 10.4. The van der Waals surface area contributed by atoms with Crippen LogP contribution in [0.2, 0.25) is 0 Å². The number of hydrogen-bond donors (Lipinski definition) is 0. The molecule has 0 bridgehead atoms. The minimum absolute atomic E-state index is 0.159. The lowest BCUT2D eigenvalue weighted by atomic mass is 10.1. The van der Waals surface area contributed by atoms with Crippen molar-refractivity contribution in [1.82, 2.24) is 4.98 Å². The molecule has 3 nitrogen and oxygen atoms in total. The highest BCUT2D eigenvalue weighted by Gasteiger charge is 2.09. The molecule has 0 aliphatic rings. The molecule has 0 N–H and O–H groups in total. The van der Waals surface area contributed by atoms with E-state index < -0.39 is 0 Å². The SMILES string of the molecule is CCOC(=O)CCc1csc(-c2ccccc2C)n1. The Balaban J connectivity index is 2.04. The van der Waals surface area contributed by atoms with Crippen LogP contribution in [-0.2, 0) is 16.0 Å². The zero-order valence-corrected chi connectivity index (χ0v) is 12.0. The maximum absolute atomic E-state index is 11.3. The Bertz CT molecular complexity index is 563. The molecule has 19 heavy (non-hydrogen) atoms. The van der Waals surface area contributed by atoms with Crippen LogP contribution in [0.1, 0.15) is 24.6 Å². The fourth-order valence-electron chi connectivity index (χ4n) is 1.82. The Labute approximate surface area is 117 Å². The quantitative estimate of drug-likeness (QED) is 0.782. The number of nitrogens with zero attached hydrogens (tertiary/aromatic N) is 1. The second-order valence-corrected chi connectivity index (χ2v) is 5.12. The molecule has 0 saturated carbocycles. The van der Waals surface area contributed by atoms with Gasteiger partial charge >= 0.3 is 5.97 Å². The third kappa shape index (κ3) is 3.64. The molecule has 2 rings (SSSR count). The van der Waals surface area contributed by atoms with Crippen LogP contribution in [0.5, 0.6) is 0 Å². The number of thiazole rings is 1. The summed E-state index contributed by atoms with van der Waals surface area (Å²) in [5.41, 5.74) is 3.33. The molecule has 100 valence electrons. The average molecular weight is 275 g/mol. The summed E-state index contributed by atoms with van der Waals surface area (Å²) >= 11 is 1.62. The summed E-state index contributed by atoms with van der Waals surface area (Å²) in [7, 11) is 0. The lowest BCUT2D eigenvalue weighted by molar-refractivity contribution is -0.143. The number of aryl methyl sites for hydroxylation is 2. The monoisotopic (exact) mass is 275 g/mol. The van der Waals surface area contributed by atoms with Crippen molar-refractivity contribution in [2.24, 2.45) is 0 Å². The second kappa shape index (κ2) is 6.48. The Morgan fingerprint density at radius 1 is 1.37 bits per heavy atom. The standard InChI is InChI=1S/C15H17NO2S/c1-3-18-14(17)9-8-12-10-19-15(16-12)13-7-5-4-6-11(13)2/h4-7,10H,3,8-9H2,1-2H3. The number of carbonyl (C=O) groups is 1. The molecule has 0 aliphatic carbocycles. The van der Waals surface area contributed by atoms with Gasteiger partial charge in [-0.3, -0.25) is 4.79 Å². The van der Waals surface area contributed by atoms with Crippen molar-refractivity contribution >= 4 is 17.3 Å². The molecular weight excluding hydrogens is 258 g/mol. The van der Waals surface area contributed by atoms with Gasteiger partial charge in [0, 0.05) is 17.4 Å². The zero-order valence-electron chi connectivity index (χ0n) is 11.2. The number of hydrogen-bond acceptors (Lipinski definition) is 4. The highest BCUT2D eigenvalue weighted by atomic mass is 32.1. The van der Waals surface area contributed by atoms with Crippen LogP contribution >= 0.6 is 11.3 Å². The molecule has 1 aromatic heterocycles. The van der Waals surface area contributed by atoms with E-state index in [9.17, 15) is 4.79 Å². The smallest absolute Gasteiger partial charge is 0.306 e. The van der Waals surface area contributed by atoms with E-state index in [-0.39, 0.29) is 5.97 Å². The molecule has 1 aromatic carbocycles. The lowest BCUT2D eigenvalue weighted by Gasteiger charge is -2.01. The second-order valence-electron chi connectivity index (χ2n) is 4.26. The molecule has 2 aromatic rings. The molecule has 0 atom stereocenters. The highest BCUT2D eigenvalue weighted by Crippen LogP contribution is 2.26. The van der Waals surface area contributed by atoms with Crippen LogP contribution in [-0.4, -0.2) is 17.6 Å². The van der Waals surface area contributed by atoms with Crippen LogP contribution in [0.15, 0.2) is 29.6 Å². The van der Waals surface area contributed by atoms with E-state index in [4.69, 9.17) is 4.74 Å². The first kappa shape index (κ1) is 13.7. The van der Waals surface area contributed by atoms with Crippen molar-refractivity contribution in [2.75, 3.05) is 6.61 Å². The van der Waals surface area contributed by atoms with Gasteiger partial charge < -0.3 is 4.74 Å². The van der Waals surface area contributed by atoms with Crippen molar-refractivity contribution in [2.45, 2.75) is 26.7 Å². The predicted octanol–water partition coefficient (Wildman–Crippen LogP) is 3.61.